The standard InChI is InChI=1S/C12H21N3/c1-5-13-10(4)12(9(2)3)11-7-6-8-14-15-11/h6-10,12-13H,5H2,1-4H3. The van der Waals surface area contributed by atoms with Crippen molar-refractivity contribution >= 4 is 0 Å². The van der Waals surface area contributed by atoms with Crippen LogP contribution in [-0.4, -0.2) is 22.8 Å². The van der Waals surface area contributed by atoms with Crippen LogP contribution in [0.25, 0.3) is 0 Å². The Morgan fingerprint density at radius 1 is 1.33 bits per heavy atom. The van der Waals surface area contributed by atoms with Gasteiger partial charge in [0.05, 0.1) is 5.69 Å². The van der Waals surface area contributed by atoms with Crippen molar-refractivity contribution in [2.24, 2.45) is 5.92 Å². The number of aromatic nitrogens is 2. The van der Waals surface area contributed by atoms with E-state index in [1.165, 1.54) is 0 Å². The van der Waals surface area contributed by atoms with Gasteiger partial charge < -0.3 is 5.32 Å². The van der Waals surface area contributed by atoms with Crippen LogP contribution in [0.15, 0.2) is 18.3 Å². The van der Waals surface area contributed by atoms with Crippen LogP contribution in [0.2, 0.25) is 0 Å². The Hall–Kier alpha value is -0.960. The van der Waals surface area contributed by atoms with Crippen molar-refractivity contribution in [3.63, 3.8) is 0 Å². The molecule has 0 aliphatic heterocycles. The fraction of sp³-hybridized carbons (Fsp3) is 0.667. The molecule has 0 radical (unpaired) electrons. The molecule has 1 aromatic rings. The summed E-state index contributed by atoms with van der Waals surface area (Å²) in [6, 6.07) is 4.45. The molecule has 0 aliphatic rings. The van der Waals surface area contributed by atoms with Crippen LogP contribution >= 0.6 is 0 Å². The van der Waals surface area contributed by atoms with Gasteiger partial charge in [0, 0.05) is 18.2 Å². The van der Waals surface area contributed by atoms with Crippen molar-refractivity contribution in [3.8, 4) is 0 Å². The van der Waals surface area contributed by atoms with E-state index in [2.05, 4.69) is 49.3 Å². The van der Waals surface area contributed by atoms with Gasteiger partial charge in [0.25, 0.3) is 0 Å². The maximum absolute atomic E-state index is 4.21. The molecule has 1 rings (SSSR count). The average Bonchev–Trinajstić information content (AvgIpc) is 2.19. The lowest BCUT2D eigenvalue weighted by Crippen LogP contribution is -2.35. The number of hydrogen-bond donors (Lipinski definition) is 1. The third-order valence-corrected chi connectivity index (χ3v) is 2.72. The highest BCUT2D eigenvalue weighted by atomic mass is 15.1. The van der Waals surface area contributed by atoms with Crippen molar-refractivity contribution in [1.82, 2.24) is 15.5 Å². The first-order valence-corrected chi connectivity index (χ1v) is 5.67. The molecule has 1 heterocycles. The van der Waals surface area contributed by atoms with Crippen LogP contribution in [0.4, 0.5) is 0 Å². The van der Waals surface area contributed by atoms with Gasteiger partial charge in [-0.05, 0) is 31.5 Å². The van der Waals surface area contributed by atoms with Gasteiger partial charge in [-0.25, -0.2) is 0 Å². The van der Waals surface area contributed by atoms with E-state index in [1.54, 1.807) is 6.20 Å². The van der Waals surface area contributed by atoms with Gasteiger partial charge in [-0.15, -0.1) is 0 Å². The van der Waals surface area contributed by atoms with Crippen molar-refractivity contribution in [2.75, 3.05) is 6.54 Å². The first-order chi connectivity index (χ1) is 7.16. The fourth-order valence-corrected chi connectivity index (χ4v) is 2.12. The number of nitrogens with zero attached hydrogens (tertiary/aromatic N) is 2. The summed E-state index contributed by atoms with van der Waals surface area (Å²) in [6.07, 6.45) is 1.72. The zero-order valence-electron chi connectivity index (χ0n) is 10.1. The van der Waals surface area contributed by atoms with Crippen molar-refractivity contribution in [3.05, 3.63) is 24.0 Å². The minimum absolute atomic E-state index is 0.429. The summed E-state index contributed by atoms with van der Waals surface area (Å²) in [6.45, 7) is 9.79. The van der Waals surface area contributed by atoms with E-state index in [1.807, 2.05) is 6.07 Å². The summed E-state index contributed by atoms with van der Waals surface area (Å²) in [5.41, 5.74) is 1.08. The maximum Gasteiger partial charge on any atom is 0.0679 e. The zero-order chi connectivity index (χ0) is 11.3. The highest BCUT2D eigenvalue weighted by Gasteiger charge is 2.23. The number of hydrogen-bond acceptors (Lipinski definition) is 3. The Balaban J connectivity index is 2.83. The molecule has 2 atom stereocenters. The van der Waals surface area contributed by atoms with Crippen molar-refractivity contribution < 1.29 is 0 Å². The van der Waals surface area contributed by atoms with Gasteiger partial charge in [-0.1, -0.05) is 20.8 Å². The lowest BCUT2D eigenvalue weighted by atomic mass is 9.86. The molecule has 0 saturated heterocycles. The predicted octanol–water partition coefficient (Wildman–Crippen LogP) is 2.21. The Morgan fingerprint density at radius 2 is 2.07 bits per heavy atom. The SMILES string of the molecule is CCNC(C)C(c1cccnn1)C(C)C. The van der Waals surface area contributed by atoms with E-state index in [-0.39, 0.29) is 0 Å². The van der Waals surface area contributed by atoms with Gasteiger partial charge in [-0.2, -0.15) is 10.2 Å². The minimum Gasteiger partial charge on any atom is -0.314 e. The smallest absolute Gasteiger partial charge is 0.0679 e. The van der Waals surface area contributed by atoms with Crippen LogP contribution in [0, 0.1) is 5.92 Å². The highest BCUT2D eigenvalue weighted by molar-refractivity contribution is 5.10. The quantitative estimate of drug-likeness (QED) is 0.804. The van der Waals surface area contributed by atoms with Gasteiger partial charge in [0.1, 0.15) is 0 Å². The third kappa shape index (κ3) is 3.27. The lowest BCUT2D eigenvalue weighted by molar-refractivity contribution is 0.374. The number of likely N-dealkylation sites (N-methyl/N-ethyl adjacent to an activating group) is 1. The molecule has 84 valence electrons. The molecule has 3 heteroatoms. The van der Waals surface area contributed by atoms with Crippen LogP contribution in [0.3, 0.4) is 0 Å². The van der Waals surface area contributed by atoms with Gasteiger partial charge in [0.2, 0.25) is 0 Å². The van der Waals surface area contributed by atoms with Crippen LogP contribution in [0.5, 0.6) is 0 Å². The van der Waals surface area contributed by atoms with Gasteiger partial charge >= 0.3 is 0 Å². The van der Waals surface area contributed by atoms with E-state index in [0.717, 1.165) is 12.2 Å². The molecule has 0 saturated carbocycles. The number of nitrogens with one attached hydrogen (secondary N) is 1. The first kappa shape index (κ1) is 12.1. The molecule has 1 N–H and O–H groups in total. The van der Waals surface area contributed by atoms with E-state index in [4.69, 9.17) is 0 Å². The van der Waals surface area contributed by atoms with Crippen LogP contribution in [-0.2, 0) is 0 Å². The molecule has 2 unspecified atom stereocenters. The monoisotopic (exact) mass is 207 g/mol. The highest BCUT2D eigenvalue weighted by Crippen LogP contribution is 2.25. The molecular formula is C12H21N3. The summed E-state index contributed by atoms with van der Waals surface area (Å²) in [4.78, 5) is 0. The summed E-state index contributed by atoms with van der Waals surface area (Å²) in [5.74, 6) is 0.995. The molecule has 15 heavy (non-hydrogen) atoms. The first-order valence-electron chi connectivity index (χ1n) is 5.67. The second-order valence-corrected chi connectivity index (χ2v) is 4.26. The Morgan fingerprint density at radius 3 is 2.53 bits per heavy atom. The molecule has 3 nitrogen and oxygen atoms in total. The van der Waals surface area contributed by atoms with E-state index >= 15 is 0 Å². The molecular weight excluding hydrogens is 186 g/mol. The van der Waals surface area contributed by atoms with E-state index in [0.29, 0.717) is 17.9 Å². The van der Waals surface area contributed by atoms with E-state index < -0.39 is 0 Å². The molecule has 0 spiro atoms. The minimum atomic E-state index is 0.429. The Bertz CT molecular complexity index is 271. The van der Waals surface area contributed by atoms with Crippen LogP contribution < -0.4 is 5.32 Å². The van der Waals surface area contributed by atoms with Gasteiger partial charge in [0.15, 0.2) is 0 Å². The maximum atomic E-state index is 4.21. The Kier molecular flexibility index (Phi) is 4.69. The topological polar surface area (TPSA) is 37.8 Å². The van der Waals surface area contributed by atoms with Crippen molar-refractivity contribution in [1.29, 1.82) is 0 Å². The molecule has 0 aromatic carbocycles. The average molecular weight is 207 g/mol. The molecule has 1 aromatic heterocycles. The van der Waals surface area contributed by atoms with Crippen molar-refractivity contribution in [2.45, 2.75) is 39.7 Å². The molecule has 0 fully saturated rings. The normalized spacial score (nSPS) is 15.3. The fourth-order valence-electron chi connectivity index (χ4n) is 2.12. The van der Waals surface area contributed by atoms with E-state index in [9.17, 15) is 0 Å². The lowest BCUT2D eigenvalue weighted by Gasteiger charge is -2.27. The molecule has 0 aliphatic carbocycles. The molecule has 0 amide bonds. The molecule has 0 bridgehead atoms. The second kappa shape index (κ2) is 5.81. The van der Waals surface area contributed by atoms with Gasteiger partial charge in [-0.3, -0.25) is 0 Å². The number of rotatable bonds is 5. The zero-order valence-corrected chi connectivity index (χ0v) is 10.1. The third-order valence-electron chi connectivity index (χ3n) is 2.72. The summed E-state index contributed by atoms with van der Waals surface area (Å²) >= 11 is 0. The predicted molar refractivity (Wildman–Crippen MR) is 62.7 cm³/mol. The second-order valence-electron chi connectivity index (χ2n) is 4.26. The summed E-state index contributed by atoms with van der Waals surface area (Å²) in [7, 11) is 0. The Labute approximate surface area is 92.3 Å². The summed E-state index contributed by atoms with van der Waals surface area (Å²) in [5, 5.41) is 11.6. The largest absolute Gasteiger partial charge is 0.314 e. The summed E-state index contributed by atoms with van der Waals surface area (Å²) < 4.78 is 0. The van der Waals surface area contributed by atoms with Crippen LogP contribution in [0.1, 0.15) is 39.3 Å².